The number of nitrogens with one attached hydrogen (secondary N) is 1. The summed E-state index contributed by atoms with van der Waals surface area (Å²) in [5.74, 6) is 0.633. The molecule has 1 aliphatic heterocycles. The predicted octanol–water partition coefficient (Wildman–Crippen LogP) is 0.794. The normalized spacial score (nSPS) is 23.3. The molecule has 6 nitrogen and oxygen atoms in total. The van der Waals surface area contributed by atoms with Crippen molar-refractivity contribution < 1.29 is 14.6 Å². The number of rotatable bonds is 4. The molecule has 2 atom stereocenters. The van der Waals surface area contributed by atoms with Crippen molar-refractivity contribution in [2.75, 3.05) is 6.54 Å². The average Bonchev–Trinajstić information content (AvgIpc) is 2.78. The van der Waals surface area contributed by atoms with Gasteiger partial charge in [0, 0.05) is 31.1 Å². The van der Waals surface area contributed by atoms with Gasteiger partial charge in [0.25, 0.3) is 0 Å². The highest BCUT2D eigenvalue weighted by Gasteiger charge is 2.30. The van der Waals surface area contributed by atoms with E-state index in [4.69, 9.17) is 9.84 Å². The highest BCUT2D eigenvalue weighted by Crippen LogP contribution is 2.17. The fraction of sp³-hybridized carbons (Fsp3) is 0.583. The lowest BCUT2D eigenvalue weighted by Crippen LogP contribution is -2.30. The Balaban J connectivity index is 1.98. The third-order valence-corrected chi connectivity index (χ3v) is 2.84. The molecule has 0 spiro atoms. The Morgan fingerprint density at radius 1 is 1.61 bits per heavy atom. The molecule has 1 aromatic heterocycles. The third-order valence-electron chi connectivity index (χ3n) is 2.84. The molecule has 6 heteroatoms. The number of aliphatic carboxylic acids is 1. The van der Waals surface area contributed by atoms with E-state index in [1.165, 1.54) is 0 Å². The molecule has 1 saturated heterocycles. The smallest absolute Gasteiger partial charge is 0.320 e. The molecule has 98 valence electrons. The topological polar surface area (TPSA) is 84.3 Å². The molecule has 0 aromatic carbocycles. The molecule has 0 bridgehead atoms. The number of carboxylic acids is 1. The van der Waals surface area contributed by atoms with Gasteiger partial charge < -0.3 is 15.2 Å². The second kappa shape index (κ2) is 5.30. The van der Waals surface area contributed by atoms with Gasteiger partial charge in [0.05, 0.1) is 0 Å². The van der Waals surface area contributed by atoms with Crippen LogP contribution in [0.1, 0.15) is 32.0 Å². The number of hydrogen-bond donors (Lipinski definition) is 2. The van der Waals surface area contributed by atoms with Gasteiger partial charge in [-0.05, 0) is 0 Å². The molecule has 0 radical (unpaired) electrons. The Kier molecular flexibility index (Phi) is 3.76. The zero-order chi connectivity index (χ0) is 13.1. The zero-order valence-electron chi connectivity index (χ0n) is 10.5. The summed E-state index contributed by atoms with van der Waals surface area (Å²) in [6.45, 7) is 4.55. The molecule has 1 aliphatic rings. The number of carboxylic acid groups (broad SMARTS) is 1. The van der Waals surface area contributed by atoms with Gasteiger partial charge in [-0.15, -0.1) is 0 Å². The van der Waals surface area contributed by atoms with Crippen LogP contribution < -0.4 is 10.1 Å². The standard InChI is InChI=1S/C12H17N3O3/c1-7(2)11-13-4-3-10(15-11)18-8-5-9(12(16)17)14-6-8/h3-4,7-9,14H,5-6H2,1-2H3,(H,16,17). The molecule has 0 aliphatic carbocycles. The Labute approximate surface area is 105 Å². The largest absolute Gasteiger partial charge is 0.480 e. The van der Waals surface area contributed by atoms with E-state index in [1.54, 1.807) is 12.3 Å². The van der Waals surface area contributed by atoms with Crippen LogP contribution in [0.2, 0.25) is 0 Å². The van der Waals surface area contributed by atoms with Crippen LogP contribution in [0.4, 0.5) is 0 Å². The van der Waals surface area contributed by atoms with Gasteiger partial charge in [-0.25, -0.2) is 4.98 Å². The molecule has 2 unspecified atom stereocenters. The molecule has 2 rings (SSSR count). The van der Waals surface area contributed by atoms with E-state index in [0.717, 1.165) is 5.82 Å². The summed E-state index contributed by atoms with van der Waals surface area (Å²) in [5.41, 5.74) is 0. The average molecular weight is 251 g/mol. The summed E-state index contributed by atoms with van der Waals surface area (Å²) in [6, 6.07) is 1.17. The molecule has 0 amide bonds. The van der Waals surface area contributed by atoms with E-state index in [2.05, 4.69) is 15.3 Å². The number of hydrogen-bond acceptors (Lipinski definition) is 5. The van der Waals surface area contributed by atoms with E-state index >= 15 is 0 Å². The molecule has 18 heavy (non-hydrogen) atoms. The first-order valence-electron chi connectivity index (χ1n) is 6.02. The molecular formula is C12H17N3O3. The quantitative estimate of drug-likeness (QED) is 0.823. The second-order valence-corrected chi connectivity index (χ2v) is 4.68. The van der Waals surface area contributed by atoms with Crippen molar-refractivity contribution in [3.05, 3.63) is 18.1 Å². The summed E-state index contributed by atoms with van der Waals surface area (Å²) in [7, 11) is 0. The monoisotopic (exact) mass is 251 g/mol. The highest BCUT2D eigenvalue weighted by atomic mass is 16.5. The van der Waals surface area contributed by atoms with Gasteiger partial charge in [0.15, 0.2) is 0 Å². The Bertz CT molecular complexity index is 436. The fourth-order valence-electron chi connectivity index (χ4n) is 1.85. The minimum Gasteiger partial charge on any atom is -0.480 e. The predicted molar refractivity (Wildman–Crippen MR) is 64.6 cm³/mol. The SMILES string of the molecule is CC(C)c1nccc(OC2CNC(C(=O)O)C2)n1. The van der Waals surface area contributed by atoms with Crippen LogP contribution in [0.5, 0.6) is 5.88 Å². The number of aromatic nitrogens is 2. The third kappa shape index (κ3) is 2.95. The maximum absolute atomic E-state index is 10.8. The summed E-state index contributed by atoms with van der Waals surface area (Å²) in [4.78, 5) is 19.3. The summed E-state index contributed by atoms with van der Waals surface area (Å²) >= 11 is 0. The number of nitrogens with zero attached hydrogens (tertiary/aromatic N) is 2. The maximum atomic E-state index is 10.8. The van der Waals surface area contributed by atoms with Crippen molar-refractivity contribution in [2.24, 2.45) is 0 Å². The van der Waals surface area contributed by atoms with E-state index in [0.29, 0.717) is 18.8 Å². The molecule has 0 saturated carbocycles. The van der Waals surface area contributed by atoms with Crippen LogP contribution in [0.25, 0.3) is 0 Å². The summed E-state index contributed by atoms with van der Waals surface area (Å²) in [5, 5.41) is 11.8. The van der Waals surface area contributed by atoms with Crippen LogP contribution in [0.3, 0.4) is 0 Å². The van der Waals surface area contributed by atoms with Gasteiger partial charge in [0.1, 0.15) is 18.0 Å². The highest BCUT2D eigenvalue weighted by molar-refractivity contribution is 5.73. The molecule has 2 N–H and O–H groups in total. The van der Waals surface area contributed by atoms with E-state index in [1.807, 2.05) is 13.8 Å². The molecule has 1 fully saturated rings. The first-order chi connectivity index (χ1) is 8.56. The lowest BCUT2D eigenvalue weighted by molar-refractivity contribution is -0.139. The lowest BCUT2D eigenvalue weighted by Gasteiger charge is -2.12. The van der Waals surface area contributed by atoms with Crippen molar-refractivity contribution in [1.82, 2.24) is 15.3 Å². The Morgan fingerprint density at radius 3 is 3.00 bits per heavy atom. The van der Waals surface area contributed by atoms with E-state index in [-0.39, 0.29) is 12.0 Å². The molecule has 2 heterocycles. The van der Waals surface area contributed by atoms with Crippen LogP contribution in [-0.4, -0.2) is 39.7 Å². The number of ether oxygens (including phenoxy) is 1. The van der Waals surface area contributed by atoms with Gasteiger partial charge in [0.2, 0.25) is 5.88 Å². The molecule has 1 aromatic rings. The first kappa shape index (κ1) is 12.8. The van der Waals surface area contributed by atoms with E-state index < -0.39 is 12.0 Å². The van der Waals surface area contributed by atoms with Gasteiger partial charge in [-0.3, -0.25) is 4.79 Å². The van der Waals surface area contributed by atoms with Crippen molar-refractivity contribution >= 4 is 5.97 Å². The summed E-state index contributed by atoms with van der Waals surface area (Å²) < 4.78 is 5.67. The van der Waals surface area contributed by atoms with E-state index in [9.17, 15) is 4.79 Å². The minimum absolute atomic E-state index is 0.152. The Hall–Kier alpha value is -1.69. The lowest BCUT2D eigenvalue weighted by atomic mass is 10.2. The van der Waals surface area contributed by atoms with Crippen molar-refractivity contribution in [3.63, 3.8) is 0 Å². The number of carbonyl (C=O) groups is 1. The Morgan fingerprint density at radius 2 is 2.39 bits per heavy atom. The first-order valence-corrected chi connectivity index (χ1v) is 6.02. The van der Waals surface area contributed by atoms with Gasteiger partial charge in [-0.1, -0.05) is 13.8 Å². The van der Waals surface area contributed by atoms with Crippen LogP contribution in [0, 0.1) is 0 Å². The van der Waals surface area contributed by atoms with Crippen LogP contribution >= 0.6 is 0 Å². The molecular weight excluding hydrogens is 234 g/mol. The minimum atomic E-state index is -0.841. The fourth-order valence-corrected chi connectivity index (χ4v) is 1.85. The second-order valence-electron chi connectivity index (χ2n) is 4.68. The van der Waals surface area contributed by atoms with Gasteiger partial charge >= 0.3 is 5.97 Å². The zero-order valence-corrected chi connectivity index (χ0v) is 10.5. The van der Waals surface area contributed by atoms with Crippen LogP contribution in [0.15, 0.2) is 12.3 Å². The van der Waals surface area contributed by atoms with Gasteiger partial charge in [-0.2, -0.15) is 4.98 Å². The van der Waals surface area contributed by atoms with Crippen molar-refractivity contribution in [1.29, 1.82) is 0 Å². The van der Waals surface area contributed by atoms with Crippen molar-refractivity contribution in [2.45, 2.75) is 38.3 Å². The summed E-state index contributed by atoms with van der Waals surface area (Å²) in [6.07, 6.45) is 1.96. The maximum Gasteiger partial charge on any atom is 0.320 e. The van der Waals surface area contributed by atoms with Crippen molar-refractivity contribution in [3.8, 4) is 5.88 Å². The van der Waals surface area contributed by atoms with Crippen LogP contribution in [-0.2, 0) is 4.79 Å².